The van der Waals surface area contributed by atoms with Crippen LogP contribution in [0.15, 0.2) is 30.5 Å². The predicted molar refractivity (Wildman–Crippen MR) is 79.6 cm³/mol. The standard InChI is InChI=1S/C15H17N5/c1-10-4-5-13-11(9-10)3-2-8-20(13)15-18-7-6-12(19-15)14(16)17/h4-7,9H,2-3,8H2,1H3,(H3,16,17). The van der Waals surface area contributed by atoms with Gasteiger partial charge in [-0.1, -0.05) is 17.7 Å². The first kappa shape index (κ1) is 12.6. The normalized spacial score (nSPS) is 13.9. The molecule has 0 atom stereocenters. The van der Waals surface area contributed by atoms with Gasteiger partial charge in [-0.05, 0) is 37.5 Å². The molecule has 0 unspecified atom stereocenters. The van der Waals surface area contributed by atoms with Crippen molar-refractivity contribution in [1.82, 2.24) is 9.97 Å². The Hall–Kier alpha value is -2.43. The lowest BCUT2D eigenvalue weighted by molar-refractivity contribution is 0.749. The summed E-state index contributed by atoms with van der Waals surface area (Å²) >= 11 is 0. The molecule has 0 spiro atoms. The van der Waals surface area contributed by atoms with Gasteiger partial charge in [-0.25, -0.2) is 9.97 Å². The van der Waals surface area contributed by atoms with Crippen molar-refractivity contribution in [2.45, 2.75) is 19.8 Å². The summed E-state index contributed by atoms with van der Waals surface area (Å²) in [7, 11) is 0. The van der Waals surface area contributed by atoms with Gasteiger partial charge in [-0.15, -0.1) is 0 Å². The lowest BCUT2D eigenvalue weighted by Gasteiger charge is -2.29. The average molecular weight is 267 g/mol. The van der Waals surface area contributed by atoms with Crippen molar-refractivity contribution in [1.29, 1.82) is 5.41 Å². The molecule has 1 aromatic carbocycles. The zero-order valence-electron chi connectivity index (χ0n) is 11.4. The number of rotatable bonds is 2. The van der Waals surface area contributed by atoms with E-state index in [2.05, 4.69) is 40.0 Å². The number of hydrogen-bond donors (Lipinski definition) is 2. The van der Waals surface area contributed by atoms with Crippen LogP contribution in [0.5, 0.6) is 0 Å². The summed E-state index contributed by atoms with van der Waals surface area (Å²) in [6, 6.07) is 8.10. The van der Waals surface area contributed by atoms with Crippen LogP contribution in [0, 0.1) is 12.3 Å². The Morgan fingerprint density at radius 3 is 3.00 bits per heavy atom. The summed E-state index contributed by atoms with van der Waals surface area (Å²) in [6.07, 6.45) is 3.81. The van der Waals surface area contributed by atoms with Gasteiger partial charge in [0.15, 0.2) is 0 Å². The quantitative estimate of drug-likeness (QED) is 0.645. The highest BCUT2D eigenvalue weighted by Crippen LogP contribution is 2.32. The number of benzene rings is 1. The minimum absolute atomic E-state index is 0.0326. The molecule has 3 rings (SSSR count). The zero-order valence-corrected chi connectivity index (χ0v) is 11.4. The smallest absolute Gasteiger partial charge is 0.230 e. The third-order valence-corrected chi connectivity index (χ3v) is 3.51. The van der Waals surface area contributed by atoms with Crippen LogP contribution in [-0.2, 0) is 6.42 Å². The Labute approximate surface area is 118 Å². The molecule has 5 nitrogen and oxygen atoms in total. The Bertz CT molecular complexity index is 665. The van der Waals surface area contributed by atoms with Gasteiger partial charge in [0.25, 0.3) is 0 Å². The van der Waals surface area contributed by atoms with E-state index in [4.69, 9.17) is 11.1 Å². The Morgan fingerprint density at radius 1 is 1.35 bits per heavy atom. The maximum Gasteiger partial charge on any atom is 0.230 e. The van der Waals surface area contributed by atoms with E-state index in [0.29, 0.717) is 11.6 Å². The first-order valence-electron chi connectivity index (χ1n) is 6.69. The minimum atomic E-state index is -0.0326. The number of nitrogens with two attached hydrogens (primary N) is 1. The molecule has 1 aliphatic rings. The van der Waals surface area contributed by atoms with Gasteiger partial charge in [0.1, 0.15) is 11.5 Å². The maximum absolute atomic E-state index is 7.49. The number of nitrogens with zero attached hydrogens (tertiary/aromatic N) is 3. The van der Waals surface area contributed by atoms with Gasteiger partial charge in [-0.2, -0.15) is 0 Å². The summed E-state index contributed by atoms with van der Waals surface area (Å²) in [5, 5.41) is 7.49. The van der Waals surface area contributed by atoms with Crippen molar-refractivity contribution in [2.75, 3.05) is 11.4 Å². The Morgan fingerprint density at radius 2 is 2.20 bits per heavy atom. The van der Waals surface area contributed by atoms with E-state index >= 15 is 0 Å². The molecule has 3 N–H and O–H groups in total. The SMILES string of the molecule is Cc1ccc2c(c1)CCCN2c1nccc(C(=N)N)n1. The molecule has 0 fully saturated rings. The number of nitrogens with one attached hydrogen (secondary N) is 1. The largest absolute Gasteiger partial charge is 0.382 e. The van der Waals surface area contributed by atoms with E-state index in [9.17, 15) is 0 Å². The topological polar surface area (TPSA) is 78.9 Å². The van der Waals surface area contributed by atoms with Crippen LogP contribution in [0.25, 0.3) is 0 Å². The highest BCUT2D eigenvalue weighted by molar-refractivity contribution is 5.93. The van der Waals surface area contributed by atoms with E-state index in [1.165, 1.54) is 11.1 Å². The van der Waals surface area contributed by atoms with Crippen LogP contribution in [0.1, 0.15) is 23.2 Å². The fourth-order valence-electron chi connectivity index (χ4n) is 2.56. The van der Waals surface area contributed by atoms with Crippen LogP contribution in [-0.4, -0.2) is 22.3 Å². The van der Waals surface area contributed by atoms with E-state index in [1.807, 2.05) is 0 Å². The van der Waals surface area contributed by atoms with Gasteiger partial charge in [-0.3, -0.25) is 5.41 Å². The zero-order chi connectivity index (χ0) is 14.1. The van der Waals surface area contributed by atoms with Crippen molar-refractivity contribution >= 4 is 17.5 Å². The van der Waals surface area contributed by atoms with Crippen molar-refractivity contribution in [2.24, 2.45) is 5.73 Å². The summed E-state index contributed by atoms with van der Waals surface area (Å²) in [6.45, 7) is 2.99. The van der Waals surface area contributed by atoms with Crippen LogP contribution in [0.3, 0.4) is 0 Å². The van der Waals surface area contributed by atoms with E-state index in [-0.39, 0.29) is 5.84 Å². The third-order valence-electron chi connectivity index (χ3n) is 3.51. The fourth-order valence-corrected chi connectivity index (χ4v) is 2.56. The van der Waals surface area contributed by atoms with Crippen molar-refractivity contribution < 1.29 is 0 Å². The average Bonchev–Trinajstić information content (AvgIpc) is 2.46. The van der Waals surface area contributed by atoms with E-state index < -0.39 is 0 Å². The van der Waals surface area contributed by atoms with Gasteiger partial charge in [0, 0.05) is 18.4 Å². The lowest BCUT2D eigenvalue weighted by Crippen LogP contribution is -2.27. The first-order valence-corrected chi connectivity index (χ1v) is 6.69. The van der Waals surface area contributed by atoms with Crippen LogP contribution < -0.4 is 10.6 Å². The number of aryl methyl sites for hydroxylation is 2. The summed E-state index contributed by atoms with van der Waals surface area (Å²) in [4.78, 5) is 10.8. The number of nitrogen functional groups attached to an aromatic ring is 1. The van der Waals surface area contributed by atoms with Crippen LogP contribution in [0.4, 0.5) is 11.6 Å². The predicted octanol–water partition coefficient (Wildman–Crippen LogP) is 2.15. The number of amidine groups is 1. The monoisotopic (exact) mass is 267 g/mol. The summed E-state index contributed by atoms with van der Waals surface area (Å²) in [5.74, 6) is 0.581. The van der Waals surface area contributed by atoms with Gasteiger partial charge in [0.2, 0.25) is 5.95 Å². The molecule has 0 saturated carbocycles. The second-order valence-corrected chi connectivity index (χ2v) is 5.04. The second kappa shape index (κ2) is 4.92. The molecule has 0 radical (unpaired) electrons. The molecule has 1 aromatic heterocycles. The highest BCUT2D eigenvalue weighted by Gasteiger charge is 2.20. The Balaban J connectivity index is 2.04. The molecule has 2 heterocycles. The number of fused-ring (bicyclic) bond motifs is 1. The molecule has 5 heteroatoms. The minimum Gasteiger partial charge on any atom is -0.382 e. The third kappa shape index (κ3) is 2.22. The van der Waals surface area contributed by atoms with Crippen molar-refractivity contribution in [3.63, 3.8) is 0 Å². The number of aromatic nitrogens is 2. The number of hydrogen-bond acceptors (Lipinski definition) is 4. The molecule has 0 amide bonds. The lowest BCUT2D eigenvalue weighted by atomic mass is 10.00. The van der Waals surface area contributed by atoms with Crippen LogP contribution >= 0.6 is 0 Å². The molecule has 0 saturated heterocycles. The molecule has 0 bridgehead atoms. The Kier molecular flexibility index (Phi) is 3.10. The van der Waals surface area contributed by atoms with E-state index in [0.717, 1.165) is 25.1 Å². The fraction of sp³-hybridized carbons (Fsp3) is 0.267. The van der Waals surface area contributed by atoms with Gasteiger partial charge < -0.3 is 10.6 Å². The van der Waals surface area contributed by atoms with Gasteiger partial charge >= 0.3 is 0 Å². The maximum atomic E-state index is 7.49. The number of anilines is 2. The molecule has 102 valence electrons. The molecule has 0 aliphatic carbocycles. The first-order chi connectivity index (χ1) is 9.65. The highest BCUT2D eigenvalue weighted by atomic mass is 15.3. The molecule has 20 heavy (non-hydrogen) atoms. The van der Waals surface area contributed by atoms with Crippen molar-refractivity contribution in [3.05, 3.63) is 47.3 Å². The molecule has 2 aromatic rings. The molecule has 1 aliphatic heterocycles. The molecular weight excluding hydrogens is 250 g/mol. The second-order valence-electron chi connectivity index (χ2n) is 5.04. The van der Waals surface area contributed by atoms with E-state index in [1.54, 1.807) is 12.3 Å². The summed E-state index contributed by atoms with van der Waals surface area (Å²) < 4.78 is 0. The molecular formula is C15H17N5. The summed E-state index contributed by atoms with van der Waals surface area (Å²) in [5.41, 5.74) is 9.72. The van der Waals surface area contributed by atoms with Crippen molar-refractivity contribution in [3.8, 4) is 0 Å². The van der Waals surface area contributed by atoms with Gasteiger partial charge in [0.05, 0.1) is 0 Å². The van der Waals surface area contributed by atoms with Crippen LogP contribution in [0.2, 0.25) is 0 Å².